The van der Waals surface area contributed by atoms with E-state index in [9.17, 15) is 4.79 Å². The summed E-state index contributed by atoms with van der Waals surface area (Å²) in [7, 11) is 3.25. The molecular weight excluding hydrogens is 406 g/mol. The zero-order chi connectivity index (χ0) is 23.1. The van der Waals surface area contributed by atoms with E-state index in [0.29, 0.717) is 11.1 Å². The van der Waals surface area contributed by atoms with E-state index < -0.39 is 0 Å². The average Bonchev–Trinajstić information content (AvgIpc) is 3.11. The molecule has 2 aromatic carbocycles. The largest absolute Gasteiger partial charge is 0.497 e. The second-order valence-electron chi connectivity index (χ2n) is 7.44. The van der Waals surface area contributed by atoms with Crippen molar-refractivity contribution >= 4 is 11.6 Å². The van der Waals surface area contributed by atoms with Crippen LogP contribution in [0.25, 0.3) is 0 Å². The van der Waals surface area contributed by atoms with Crippen LogP contribution < -0.4 is 15.2 Å². The van der Waals surface area contributed by atoms with Crippen LogP contribution in [0.5, 0.6) is 11.5 Å². The van der Waals surface area contributed by atoms with Crippen LogP contribution in [0.3, 0.4) is 0 Å². The number of amidine groups is 1. The number of benzene rings is 2. The third kappa shape index (κ3) is 5.49. The van der Waals surface area contributed by atoms with Gasteiger partial charge in [0.15, 0.2) is 12.4 Å². The number of ether oxygens (including phenoxy) is 2. The first kappa shape index (κ1) is 22.9. The number of Topliss-reactive ketones (excluding diaryl/α,β-unsaturated/α-hetero) is 1. The van der Waals surface area contributed by atoms with Gasteiger partial charge in [-0.15, -0.1) is 0 Å². The van der Waals surface area contributed by atoms with Crippen LogP contribution >= 0.6 is 0 Å². The van der Waals surface area contributed by atoms with Gasteiger partial charge in [0, 0.05) is 29.1 Å². The van der Waals surface area contributed by atoms with Crippen molar-refractivity contribution in [3.8, 4) is 11.5 Å². The number of aromatic nitrogens is 1. The Bertz CT molecular complexity index is 1080. The van der Waals surface area contributed by atoms with Crippen molar-refractivity contribution in [2.24, 2.45) is 10.9 Å². The quantitative estimate of drug-likeness (QED) is 0.226. The fraction of sp³-hybridized carbons (Fsp3) is 0.280. The fourth-order valence-corrected chi connectivity index (χ4v) is 3.51. The predicted octanol–water partition coefficient (Wildman–Crippen LogP) is 3.88. The van der Waals surface area contributed by atoms with Gasteiger partial charge in [-0.2, -0.15) is 0 Å². The number of rotatable bonds is 10. The number of methoxy groups -OCH3 is 2. The van der Waals surface area contributed by atoms with Gasteiger partial charge in [-0.3, -0.25) is 4.79 Å². The standard InChI is InChI=1S/C25H29N3O4/c1-17-15-23(18(2)28(17)14-13-19-5-9-21(30-3)10-6-19)24(29)16-32-27-25(26)20-7-11-22(31-4)12-8-20/h5-12,15H,13-14,16H2,1-4H3,(H2,26,27). The molecule has 0 radical (unpaired) electrons. The molecule has 3 rings (SSSR count). The van der Waals surface area contributed by atoms with Crippen molar-refractivity contribution in [2.75, 3.05) is 20.8 Å². The molecule has 1 aromatic heterocycles. The van der Waals surface area contributed by atoms with Crippen molar-refractivity contribution < 1.29 is 19.1 Å². The van der Waals surface area contributed by atoms with Crippen LogP contribution in [0.15, 0.2) is 59.8 Å². The first-order chi connectivity index (χ1) is 15.4. The summed E-state index contributed by atoms with van der Waals surface area (Å²) >= 11 is 0. The van der Waals surface area contributed by atoms with E-state index in [2.05, 4.69) is 21.9 Å². The molecule has 3 aromatic rings. The maximum absolute atomic E-state index is 12.7. The van der Waals surface area contributed by atoms with Crippen LogP contribution in [0.1, 0.15) is 32.9 Å². The second kappa shape index (κ2) is 10.5. The minimum Gasteiger partial charge on any atom is -0.497 e. The second-order valence-corrected chi connectivity index (χ2v) is 7.44. The summed E-state index contributed by atoms with van der Waals surface area (Å²) in [6, 6.07) is 17.0. The third-order valence-electron chi connectivity index (χ3n) is 5.40. The highest BCUT2D eigenvalue weighted by atomic mass is 16.6. The summed E-state index contributed by atoms with van der Waals surface area (Å²) in [6.07, 6.45) is 0.854. The monoisotopic (exact) mass is 435 g/mol. The molecule has 0 saturated carbocycles. The Morgan fingerprint density at radius 2 is 1.56 bits per heavy atom. The van der Waals surface area contributed by atoms with Gasteiger partial charge in [-0.1, -0.05) is 17.3 Å². The molecule has 7 heteroatoms. The smallest absolute Gasteiger partial charge is 0.204 e. The van der Waals surface area contributed by atoms with E-state index in [1.165, 1.54) is 5.56 Å². The molecule has 0 bridgehead atoms. The van der Waals surface area contributed by atoms with Crippen LogP contribution in [0, 0.1) is 13.8 Å². The van der Waals surface area contributed by atoms with Crippen molar-refractivity contribution in [1.82, 2.24) is 4.57 Å². The molecule has 0 saturated heterocycles. The number of hydrogen-bond donors (Lipinski definition) is 1. The normalized spacial score (nSPS) is 11.3. The van der Waals surface area contributed by atoms with Gasteiger partial charge in [0.1, 0.15) is 11.5 Å². The Balaban J connectivity index is 1.60. The Hall–Kier alpha value is -3.74. The zero-order valence-corrected chi connectivity index (χ0v) is 18.9. The molecule has 2 N–H and O–H groups in total. The Morgan fingerprint density at radius 3 is 2.16 bits per heavy atom. The first-order valence-electron chi connectivity index (χ1n) is 10.4. The number of hydrogen-bond acceptors (Lipinski definition) is 5. The molecule has 0 atom stereocenters. The maximum Gasteiger partial charge on any atom is 0.204 e. The van der Waals surface area contributed by atoms with Gasteiger partial charge in [-0.05, 0) is 68.3 Å². The maximum atomic E-state index is 12.7. The summed E-state index contributed by atoms with van der Waals surface area (Å²) in [5.41, 5.74) is 10.4. The van der Waals surface area contributed by atoms with E-state index in [4.69, 9.17) is 20.0 Å². The summed E-state index contributed by atoms with van der Waals surface area (Å²) < 4.78 is 12.5. The van der Waals surface area contributed by atoms with Crippen LogP contribution in [0.2, 0.25) is 0 Å². The molecular formula is C25H29N3O4. The Kier molecular flexibility index (Phi) is 7.54. The number of ketones is 1. The van der Waals surface area contributed by atoms with E-state index in [0.717, 1.165) is 35.9 Å². The van der Waals surface area contributed by atoms with Crippen LogP contribution in [-0.4, -0.2) is 37.0 Å². The highest BCUT2D eigenvalue weighted by Crippen LogP contribution is 2.18. The summed E-state index contributed by atoms with van der Waals surface area (Å²) in [5.74, 6) is 1.62. The van der Waals surface area contributed by atoms with E-state index in [-0.39, 0.29) is 18.2 Å². The Labute approximate surface area is 188 Å². The minimum atomic E-state index is -0.181. The highest BCUT2D eigenvalue weighted by Gasteiger charge is 2.16. The molecule has 0 fully saturated rings. The number of nitrogens with zero attached hydrogens (tertiary/aromatic N) is 2. The third-order valence-corrected chi connectivity index (χ3v) is 5.40. The topological polar surface area (TPSA) is 88.1 Å². The lowest BCUT2D eigenvalue weighted by atomic mass is 10.1. The molecule has 1 heterocycles. The van der Waals surface area contributed by atoms with Gasteiger partial charge in [0.25, 0.3) is 0 Å². The molecule has 0 aliphatic heterocycles. The van der Waals surface area contributed by atoms with Crippen molar-refractivity contribution in [2.45, 2.75) is 26.8 Å². The van der Waals surface area contributed by atoms with Gasteiger partial charge in [0.2, 0.25) is 5.78 Å². The molecule has 168 valence electrons. The summed E-state index contributed by atoms with van der Waals surface area (Å²) in [4.78, 5) is 17.9. The van der Waals surface area contributed by atoms with Gasteiger partial charge in [-0.25, -0.2) is 0 Å². The molecule has 0 aliphatic carbocycles. The zero-order valence-electron chi connectivity index (χ0n) is 18.9. The average molecular weight is 436 g/mol. The number of aryl methyl sites for hydroxylation is 2. The summed E-state index contributed by atoms with van der Waals surface area (Å²) in [6.45, 7) is 4.54. The lowest BCUT2D eigenvalue weighted by Gasteiger charge is -2.10. The molecule has 0 amide bonds. The van der Waals surface area contributed by atoms with E-state index in [1.807, 2.05) is 32.0 Å². The molecule has 32 heavy (non-hydrogen) atoms. The lowest BCUT2D eigenvalue weighted by molar-refractivity contribution is 0.0775. The van der Waals surface area contributed by atoms with Gasteiger partial charge >= 0.3 is 0 Å². The highest BCUT2D eigenvalue weighted by molar-refractivity contribution is 5.99. The molecule has 7 nitrogen and oxygen atoms in total. The van der Waals surface area contributed by atoms with Gasteiger partial charge < -0.3 is 24.6 Å². The van der Waals surface area contributed by atoms with E-state index >= 15 is 0 Å². The number of nitrogens with two attached hydrogens (primary N) is 1. The lowest BCUT2D eigenvalue weighted by Crippen LogP contribution is -2.16. The van der Waals surface area contributed by atoms with Crippen molar-refractivity contribution in [3.05, 3.63) is 82.7 Å². The minimum absolute atomic E-state index is 0.139. The van der Waals surface area contributed by atoms with Crippen LogP contribution in [0.4, 0.5) is 0 Å². The van der Waals surface area contributed by atoms with Crippen LogP contribution in [-0.2, 0) is 17.8 Å². The number of oxime groups is 1. The van der Waals surface area contributed by atoms with E-state index in [1.54, 1.807) is 38.5 Å². The Morgan fingerprint density at radius 1 is 0.969 bits per heavy atom. The SMILES string of the molecule is COc1ccc(CCn2c(C)cc(C(=O)CO/N=C(/N)c3ccc(OC)cc3)c2C)cc1. The predicted molar refractivity (Wildman–Crippen MR) is 125 cm³/mol. The first-order valence-corrected chi connectivity index (χ1v) is 10.4. The van der Waals surface area contributed by atoms with Crippen molar-refractivity contribution in [3.63, 3.8) is 0 Å². The number of carbonyl (C=O) groups is 1. The number of carbonyl (C=O) groups excluding carboxylic acids is 1. The molecule has 0 unspecified atom stereocenters. The van der Waals surface area contributed by atoms with Gasteiger partial charge in [0.05, 0.1) is 14.2 Å². The van der Waals surface area contributed by atoms with Crippen molar-refractivity contribution in [1.29, 1.82) is 0 Å². The fourth-order valence-electron chi connectivity index (χ4n) is 3.51. The molecule has 0 spiro atoms. The summed E-state index contributed by atoms with van der Waals surface area (Å²) in [5, 5.41) is 3.88. The molecule has 0 aliphatic rings.